The predicted molar refractivity (Wildman–Crippen MR) is 94.3 cm³/mol. The monoisotopic (exact) mass is 328 g/mol. The van der Waals surface area contributed by atoms with E-state index in [1.54, 1.807) is 0 Å². The Bertz CT molecular complexity index is 597. The summed E-state index contributed by atoms with van der Waals surface area (Å²) in [6.07, 6.45) is 6.73. The lowest BCUT2D eigenvalue weighted by Gasteiger charge is -2.22. The molecule has 3 aliphatic rings. The zero-order valence-corrected chi connectivity index (χ0v) is 14.5. The molecule has 1 saturated carbocycles. The van der Waals surface area contributed by atoms with E-state index < -0.39 is 0 Å². The lowest BCUT2D eigenvalue weighted by atomic mass is 10.0. The van der Waals surface area contributed by atoms with Crippen molar-refractivity contribution in [3.63, 3.8) is 0 Å². The Morgan fingerprint density at radius 2 is 2.08 bits per heavy atom. The van der Waals surface area contributed by atoms with Crippen molar-refractivity contribution in [1.82, 2.24) is 9.80 Å². The molecule has 4 heteroatoms. The lowest BCUT2D eigenvalue weighted by Crippen LogP contribution is -2.36. The molecule has 2 fully saturated rings. The zero-order chi connectivity index (χ0) is 16.4. The van der Waals surface area contributed by atoms with Crippen molar-refractivity contribution < 1.29 is 9.53 Å². The van der Waals surface area contributed by atoms with Crippen molar-refractivity contribution in [2.75, 3.05) is 39.3 Å². The molecule has 1 aromatic carbocycles. The first-order chi connectivity index (χ1) is 11.8. The van der Waals surface area contributed by atoms with Crippen LogP contribution in [-0.2, 0) is 17.6 Å². The standard InChI is InChI=1S/C20H28N2O2/c23-20(17-5-6-17)22-11-2-10-21(12-13-22)9-1-3-16-4-7-19-18(15-16)8-14-24-19/h4,7,15,17H,1-3,5-6,8-14H2. The van der Waals surface area contributed by atoms with E-state index in [4.69, 9.17) is 4.74 Å². The van der Waals surface area contributed by atoms with Crippen LogP contribution < -0.4 is 4.74 Å². The number of rotatable bonds is 5. The highest BCUT2D eigenvalue weighted by Crippen LogP contribution is 2.31. The van der Waals surface area contributed by atoms with Gasteiger partial charge in [0.2, 0.25) is 5.91 Å². The Balaban J connectivity index is 1.22. The van der Waals surface area contributed by atoms with E-state index in [-0.39, 0.29) is 0 Å². The zero-order valence-electron chi connectivity index (χ0n) is 14.5. The molecule has 2 heterocycles. The topological polar surface area (TPSA) is 32.8 Å². The minimum Gasteiger partial charge on any atom is -0.493 e. The van der Waals surface area contributed by atoms with E-state index in [2.05, 4.69) is 28.0 Å². The van der Waals surface area contributed by atoms with Crippen LogP contribution in [0.5, 0.6) is 5.75 Å². The molecule has 4 nitrogen and oxygen atoms in total. The van der Waals surface area contributed by atoms with Crippen LogP contribution in [0.15, 0.2) is 18.2 Å². The van der Waals surface area contributed by atoms with Crippen LogP contribution >= 0.6 is 0 Å². The van der Waals surface area contributed by atoms with Crippen molar-refractivity contribution in [3.8, 4) is 5.75 Å². The smallest absolute Gasteiger partial charge is 0.225 e. The van der Waals surface area contributed by atoms with E-state index in [1.807, 2.05) is 0 Å². The third kappa shape index (κ3) is 3.75. The summed E-state index contributed by atoms with van der Waals surface area (Å²) in [7, 11) is 0. The maximum atomic E-state index is 12.2. The number of hydrogen-bond acceptors (Lipinski definition) is 3. The van der Waals surface area contributed by atoms with Crippen LogP contribution in [0.2, 0.25) is 0 Å². The second kappa shape index (κ2) is 7.14. The van der Waals surface area contributed by atoms with Gasteiger partial charge in [-0.25, -0.2) is 0 Å². The van der Waals surface area contributed by atoms with Crippen LogP contribution in [0.4, 0.5) is 0 Å². The Hall–Kier alpha value is -1.55. The molecule has 1 aliphatic carbocycles. The van der Waals surface area contributed by atoms with Gasteiger partial charge in [0.15, 0.2) is 0 Å². The minimum absolute atomic E-state index is 0.361. The van der Waals surface area contributed by atoms with Crippen molar-refractivity contribution >= 4 is 5.91 Å². The van der Waals surface area contributed by atoms with Crippen LogP contribution in [-0.4, -0.2) is 55.0 Å². The van der Waals surface area contributed by atoms with Crippen LogP contribution in [0.25, 0.3) is 0 Å². The molecule has 0 bridgehead atoms. The van der Waals surface area contributed by atoms with E-state index in [0.29, 0.717) is 11.8 Å². The van der Waals surface area contributed by atoms with Crippen molar-refractivity contribution in [2.45, 2.75) is 38.5 Å². The highest BCUT2D eigenvalue weighted by atomic mass is 16.5. The van der Waals surface area contributed by atoms with Gasteiger partial charge in [-0.2, -0.15) is 0 Å². The first kappa shape index (κ1) is 15.9. The Labute approximate surface area is 144 Å². The van der Waals surface area contributed by atoms with Gasteiger partial charge in [-0.3, -0.25) is 4.79 Å². The fourth-order valence-corrected chi connectivity index (χ4v) is 3.91. The molecule has 0 atom stereocenters. The van der Waals surface area contributed by atoms with Crippen LogP contribution in [0.3, 0.4) is 0 Å². The molecule has 0 unspecified atom stereocenters. The molecule has 2 aliphatic heterocycles. The molecule has 24 heavy (non-hydrogen) atoms. The number of amides is 1. The van der Waals surface area contributed by atoms with Crippen LogP contribution in [0, 0.1) is 5.92 Å². The molecular formula is C20H28N2O2. The normalized spacial score (nSPS) is 21.2. The van der Waals surface area contributed by atoms with Gasteiger partial charge in [0.05, 0.1) is 6.61 Å². The summed E-state index contributed by atoms with van der Waals surface area (Å²) in [5, 5.41) is 0. The molecule has 0 radical (unpaired) electrons. The third-order valence-electron chi connectivity index (χ3n) is 5.52. The minimum atomic E-state index is 0.361. The number of carbonyl (C=O) groups is 1. The van der Waals surface area contributed by atoms with Crippen molar-refractivity contribution in [3.05, 3.63) is 29.3 Å². The summed E-state index contributed by atoms with van der Waals surface area (Å²) in [6.45, 7) is 6.02. The quantitative estimate of drug-likeness (QED) is 0.832. The Morgan fingerprint density at radius 3 is 2.96 bits per heavy atom. The second-order valence-corrected chi connectivity index (χ2v) is 7.44. The molecule has 0 aromatic heterocycles. The molecule has 1 aromatic rings. The van der Waals surface area contributed by atoms with E-state index in [0.717, 1.165) is 77.2 Å². The summed E-state index contributed by atoms with van der Waals surface area (Å²) in [5.74, 6) is 1.85. The maximum Gasteiger partial charge on any atom is 0.225 e. The molecule has 1 saturated heterocycles. The number of hydrogen-bond donors (Lipinski definition) is 0. The molecule has 130 valence electrons. The number of aryl methyl sites for hydroxylation is 1. The molecule has 0 spiro atoms. The van der Waals surface area contributed by atoms with Gasteiger partial charge >= 0.3 is 0 Å². The first-order valence-electron chi connectivity index (χ1n) is 9.55. The SMILES string of the molecule is O=C(C1CC1)N1CCCN(CCCc2ccc3c(c2)CCO3)CC1. The average Bonchev–Trinajstić information content (AvgIpc) is 3.38. The number of nitrogens with zero attached hydrogens (tertiary/aromatic N) is 2. The molecular weight excluding hydrogens is 300 g/mol. The maximum absolute atomic E-state index is 12.2. The summed E-state index contributed by atoms with van der Waals surface area (Å²) < 4.78 is 5.58. The second-order valence-electron chi connectivity index (χ2n) is 7.44. The first-order valence-corrected chi connectivity index (χ1v) is 9.55. The molecule has 4 rings (SSSR count). The highest BCUT2D eigenvalue weighted by Gasteiger charge is 2.33. The van der Waals surface area contributed by atoms with Gasteiger partial charge in [0.1, 0.15) is 5.75 Å². The fourth-order valence-electron chi connectivity index (χ4n) is 3.91. The van der Waals surface area contributed by atoms with Gasteiger partial charge in [-0.1, -0.05) is 12.1 Å². The fraction of sp³-hybridized carbons (Fsp3) is 0.650. The number of benzene rings is 1. The summed E-state index contributed by atoms with van der Waals surface area (Å²) in [4.78, 5) is 16.9. The lowest BCUT2D eigenvalue weighted by molar-refractivity contribution is -0.132. The van der Waals surface area contributed by atoms with E-state index in [9.17, 15) is 4.79 Å². The number of carbonyl (C=O) groups excluding carboxylic acids is 1. The Morgan fingerprint density at radius 1 is 1.17 bits per heavy atom. The average molecular weight is 328 g/mol. The van der Waals surface area contributed by atoms with Crippen molar-refractivity contribution in [2.24, 2.45) is 5.92 Å². The van der Waals surface area contributed by atoms with Crippen LogP contribution in [0.1, 0.15) is 36.8 Å². The molecule has 0 N–H and O–H groups in total. The van der Waals surface area contributed by atoms with E-state index in [1.165, 1.54) is 17.5 Å². The highest BCUT2D eigenvalue weighted by molar-refractivity contribution is 5.81. The van der Waals surface area contributed by atoms with Crippen molar-refractivity contribution in [1.29, 1.82) is 0 Å². The van der Waals surface area contributed by atoms with E-state index >= 15 is 0 Å². The van der Waals surface area contributed by atoms with Gasteiger partial charge in [-0.05, 0) is 62.4 Å². The van der Waals surface area contributed by atoms with Gasteiger partial charge < -0.3 is 14.5 Å². The Kier molecular flexibility index (Phi) is 4.74. The largest absolute Gasteiger partial charge is 0.493 e. The number of fused-ring (bicyclic) bond motifs is 1. The molecule has 1 amide bonds. The van der Waals surface area contributed by atoms with Gasteiger partial charge in [0.25, 0.3) is 0 Å². The third-order valence-corrected chi connectivity index (χ3v) is 5.52. The van der Waals surface area contributed by atoms with Gasteiger partial charge in [-0.15, -0.1) is 0 Å². The summed E-state index contributed by atoms with van der Waals surface area (Å²) >= 11 is 0. The number of ether oxygens (including phenoxy) is 1. The summed E-state index contributed by atoms with van der Waals surface area (Å²) in [6, 6.07) is 6.66. The van der Waals surface area contributed by atoms with Gasteiger partial charge in [0, 0.05) is 32.0 Å². The summed E-state index contributed by atoms with van der Waals surface area (Å²) in [5.41, 5.74) is 2.80. The predicted octanol–water partition coefficient (Wildman–Crippen LogP) is 2.50.